The largest absolute Gasteiger partial charge is 0.382 e. The average molecular weight is 487 g/mol. The van der Waals surface area contributed by atoms with Crippen molar-refractivity contribution in [3.8, 4) is 0 Å². The lowest BCUT2D eigenvalue weighted by molar-refractivity contribution is 0.0689. The minimum absolute atomic E-state index is 0. The van der Waals surface area contributed by atoms with Gasteiger partial charge in [-0.3, -0.25) is 4.99 Å². The van der Waals surface area contributed by atoms with Crippen molar-refractivity contribution in [2.45, 2.75) is 32.6 Å². The van der Waals surface area contributed by atoms with Crippen LogP contribution >= 0.6 is 24.0 Å². The second kappa shape index (κ2) is 19.6. The van der Waals surface area contributed by atoms with Crippen molar-refractivity contribution >= 4 is 29.9 Å². The zero-order chi connectivity index (χ0) is 18.0. The Morgan fingerprint density at radius 3 is 2.65 bits per heavy atom. The highest BCUT2D eigenvalue weighted by Gasteiger charge is 2.15. The molecular formula is C18H38IN3O4. The van der Waals surface area contributed by atoms with Crippen LogP contribution in [0.3, 0.4) is 0 Å². The molecule has 156 valence electrons. The molecule has 8 heteroatoms. The lowest BCUT2D eigenvalue weighted by Crippen LogP contribution is -2.38. The van der Waals surface area contributed by atoms with Gasteiger partial charge in [-0.1, -0.05) is 0 Å². The summed E-state index contributed by atoms with van der Waals surface area (Å²) in [6.45, 7) is 10.0. The number of rotatable bonds is 15. The molecule has 0 saturated carbocycles. The van der Waals surface area contributed by atoms with Crippen LogP contribution in [0.5, 0.6) is 0 Å². The molecule has 0 radical (unpaired) electrons. The molecule has 0 aromatic carbocycles. The number of halogens is 1. The molecule has 1 unspecified atom stereocenters. The summed E-state index contributed by atoms with van der Waals surface area (Å²) in [5, 5.41) is 6.63. The number of methoxy groups -OCH3 is 1. The fourth-order valence-corrected chi connectivity index (χ4v) is 2.44. The lowest BCUT2D eigenvalue weighted by atomic mass is 10.1. The third kappa shape index (κ3) is 15.0. The smallest absolute Gasteiger partial charge is 0.191 e. The van der Waals surface area contributed by atoms with E-state index >= 15 is 0 Å². The first-order chi connectivity index (χ1) is 12.4. The van der Waals surface area contributed by atoms with Crippen molar-refractivity contribution in [3.63, 3.8) is 0 Å². The number of ether oxygens (including phenoxy) is 4. The summed E-state index contributed by atoms with van der Waals surface area (Å²) in [6.07, 6.45) is 4.17. The standard InChI is InChI=1S/C18H37N3O4.HI/c1-3-19-18(20-8-4-5-10-23-14-13-22-2)21-9-6-11-24-15-17-7-12-25-16-17;/h17H,3-16H2,1-2H3,(H2,19,20,21);1H. The van der Waals surface area contributed by atoms with Gasteiger partial charge in [0.1, 0.15) is 0 Å². The summed E-state index contributed by atoms with van der Waals surface area (Å²) < 4.78 is 21.4. The molecule has 0 bridgehead atoms. The number of hydrogen-bond acceptors (Lipinski definition) is 5. The highest BCUT2D eigenvalue weighted by Crippen LogP contribution is 2.12. The van der Waals surface area contributed by atoms with Crippen LogP contribution in [0.2, 0.25) is 0 Å². The van der Waals surface area contributed by atoms with Gasteiger partial charge in [0.15, 0.2) is 5.96 Å². The lowest BCUT2D eigenvalue weighted by Gasteiger charge is -2.11. The number of guanidine groups is 1. The predicted molar refractivity (Wildman–Crippen MR) is 116 cm³/mol. The molecule has 26 heavy (non-hydrogen) atoms. The van der Waals surface area contributed by atoms with Gasteiger partial charge >= 0.3 is 0 Å². The van der Waals surface area contributed by atoms with Crippen LogP contribution in [0, 0.1) is 5.92 Å². The predicted octanol–water partition coefficient (Wildman–Crippen LogP) is 2.05. The van der Waals surface area contributed by atoms with Gasteiger partial charge in [0, 0.05) is 52.5 Å². The van der Waals surface area contributed by atoms with E-state index in [1.165, 1.54) is 0 Å². The number of hydrogen-bond donors (Lipinski definition) is 2. The fourth-order valence-electron chi connectivity index (χ4n) is 2.44. The molecule has 1 aliphatic heterocycles. The third-order valence-corrected chi connectivity index (χ3v) is 3.88. The van der Waals surface area contributed by atoms with Gasteiger partial charge in [-0.25, -0.2) is 0 Å². The van der Waals surface area contributed by atoms with E-state index in [9.17, 15) is 0 Å². The second-order valence-corrected chi connectivity index (χ2v) is 6.16. The maximum Gasteiger partial charge on any atom is 0.191 e. The van der Waals surface area contributed by atoms with Gasteiger partial charge in [0.2, 0.25) is 0 Å². The zero-order valence-electron chi connectivity index (χ0n) is 16.5. The molecule has 1 fully saturated rings. The van der Waals surface area contributed by atoms with Gasteiger partial charge < -0.3 is 29.6 Å². The van der Waals surface area contributed by atoms with E-state index in [4.69, 9.17) is 18.9 Å². The van der Waals surface area contributed by atoms with Crippen LogP contribution in [0.1, 0.15) is 32.6 Å². The van der Waals surface area contributed by atoms with E-state index in [1.54, 1.807) is 7.11 Å². The van der Waals surface area contributed by atoms with Crippen LogP contribution in [-0.4, -0.2) is 79.0 Å². The molecule has 0 spiro atoms. The molecule has 1 heterocycles. The summed E-state index contributed by atoms with van der Waals surface area (Å²) in [4.78, 5) is 4.58. The topological polar surface area (TPSA) is 73.3 Å². The first kappa shape index (κ1) is 25.8. The number of nitrogens with one attached hydrogen (secondary N) is 2. The Morgan fingerprint density at radius 2 is 1.92 bits per heavy atom. The Labute approximate surface area is 176 Å². The van der Waals surface area contributed by atoms with E-state index in [0.29, 0.717) is 19.1 Å². The van der Waals surface area contributed by atoms with Crippen LogP contribution < -0.4 is 10.6 Å². The Balaban J connectivity index is 0.00000625. The maximum absolute atomic E-state index is 5.70. The molecule has 0 aromatic heterocycles. The van der Waals surface area contributed by atoms with Crippen LogP contribution in [-0.2, 0) is 18.9 Å². The first-order valence-corrected chi connectivity index (χ1v) is 9.61. The molecule has 1 saturated heterocycles. The fraction of sp³-hybridized carbons (Fsp3) is 0.944. The van der Waals surface area contributed by atoms with E-state index in [2.05, 4.69) is 22.5 Å². The van der Waals surface area contributed by atoms with E-state index in [0.717, 1.165) is 84.3 Å². The quantitative estimate of drug-likeness (QED) is 0.160. The van der Waals surface area contributed by atoms with Crippen LogP contribution in [0.15, 0.2) is 4.99 Å². The minimum atomic E-state index is 0. The van der Waals surface area contributed by atoms with Gasteiger partial charge in [-0.2, -0.15) is 0 Å². The highest BCUT2D eigenvalue weighted by atomic mass is 127. The zero-order valence-corrected chi connectivity index (χ0v) is 18.8. The summed E-state index contributed by atoms with van der Waals surface area (Å²) in [5.74, 6) is 1.47. The Hall–Kier alpha value is -0.160. The van der Waals surface area contributed by atoms with Crippen molar-refractivity contribution in [1.29, 1.82) is 0 Å². The third-order valence-electron chi connectivity index (χ3n) is 3.88. The molecule has 2 N–H and O–H groups in total. The van der Waals surface area contributed by atoms with E-state index in [-0.39, 0.29) is 24.0 Å². The molecule has 1 rings (SSSR count). The van der Waals surface area contributed by atoms with Crippen molar-refractivity contribution in [2.24, 2.45) is 10.9 Å². The van der Waals surface area contributed by atoms with Crippen molar-refractivity contribution in [2.75, 3.05) is 73.0 Å². The van der Waals surface area contributed by atoms with E-state index in [1.807, 2.05) is 0 Å². The monoisotopic (exact) mass is 487 g/mol. The maximum atomic E-state index is 5.70. The Bertz CT molecular complexity index is 330. The number of nitrogens with zero attached hydrogens (tertiary/aromatic N) is 1. The van der Waals surface area contributed by atoms with Crippen LogP contribution in [0.4, 0.5) is 0 Å². The summed E-state index contributed by atoms with van der Waals surface area (Å²) in [6, 6.07) is 0. The molecular weight excluding hydrogens is 449 g/mol. The van der Waals surface area contributed by atoms with Crippen molar-refractivity contribution < 1.29 is 18.9 Å². The molecule has 7 nitrogen and oxygen atoms in total. The average Bonchev–Trinajstić information content (AvgIpc) is 3.13. The molecule has 1 atom stereocenters. The summed E-state index contributed by atoms with van der Waals surface area (Å²) in [5.41, 5.74) is 0. The molecule has 0 aromatic rings. The minimum Gasteiger partial charge on any atom is -0.382 e. The molecule has 0 amide bonds. The van der Waals surface area contributed by atoms with Gasteiger partial charge in [-0.05, 0) is 32.6 Å². The Kier molecular flexibility index (Phi) is 19.5. The van der Waals surface area contributed by atoms with Gasteiger partial charge in [-0.15, -0.1) is 24.0 Å². The normalized spacial score (nSPS) is 17.2. The van der Waals surface area contributed by atoms with Crippen LogP contribution in [0.25, 0.3) is 0 Å². The Morgan fingerprint density at radius 1 is 1.08 bits per heavy atom. The first-order valence-electron chi connectivity index (χ1n) is 9.61. The summed E-state index contributed by atoms with van der Waals surface area (Å²) in [7, 11) is 1.69. The highest BCUT2D eigenvalue weighted by molar-refractivity contribution is 14.0. The molecule has 0 aliphatic carbocycles. The number of aliphatic imine (C=N–C) groups is 1. The van der Waals surface area contributed by atoms with Gasteiger partial charge in [0.25, 0.3) is 0 Å². The second-order valence-electron chi connectivity index (χ2n) is 6.16. The molecule has 1 aliphatic rings. The summed E-state index contributed by atoms with van der Waals surface area (Å²) >= 11 is 0. The van der Waals surface area contributed by atoms with E-state index < -0.39 is 0 Å². The SMILES string of the molecule is CCNC(=NCCCOCC1CCOC1)NCCCCOCCOC.I. The number of unbranched alkanes of at least 4 members (excludes halogenated alkanes) is 1. The van der Waals surface area contributed by atoms with Crippen molar-refractivity contribution in [1.82, 2.24) is 10.6 Å². The van der Waals surface area contributed by atoms with Gasteiger partial charge in [0.05, 0.1) is 26.4 Å². The van der Waals surface area contributed by atoms with Crippen molar-refractivity contribution in [3.05, 3.63) is 0 Å².